The molecule has 10 atom stereocenters. The van der Waals surface area contributed by atoms with E-state index in [-0.39, 0.29) is 21.1 Å². The van der Waals surface area contributed by atoms with Crippen LogP contribution >= 0.6 is 11.8 Å². The van der Waals surface area contributed by atoms with E-state index >= 15 is 0 Å². The van der Waals surface area contributed by atoms with Crippen molar-refractivity contribution in [3.8, 4) is 0 Å². The van der Waals surface area contributed by atoms with Gasteiger partial charge in [-0.15, -0.1) is 0 Å². The van der Waals surface area contributed by atoms with Crippen molar-refractivity contribution in [3.05, 3.63) is 30.3 Å². The van der Waals surface area contributed by atoms with Crippen molar-refractivity contribution in [3.63, 3.8) is 0 Å². The van der Waals surface area contributed by atoms with E-state index in [1.54, 1.807) is 8.87 Å². The Hall–Kier alpha value is -0.521. The Morgan fingerprint density at radius 1 is 0.902 bits per heavy atom. The molecule has 11 nitrogen and oxygen atoms in total. The third kappa shape index (κ3) is 11.5. The number of hydrogen-bond donors (Lipinski definition) is 7. The van der Waals surface area contributed by atoms with Crippen LogP contribution in [-0.2, 0) is 19.0 Å². The summed E-state index contributed by atoms with van der Waals surface area (Å²) in [6.07, 6.45) is -5.59. The Morgan fingerprint density at radius 3 is 2.05 bits per heavy atom. The third-order valence-corrected chi connectivity index (χ3v) is 12.0. The minimum atomic E-state index is -1.70. The molecule has 2 radical (unpaired) electrons. The first kappa shape index (κ1) is 36.7. The molecule has 0 spiro atoms. The predicted molar refractivity (Wildman–Crippen MR) is 155 cm³/mol. The molecule has 1 amide bonds. The van der Waals surface area contributed by atoms with Crippen LogP contribution in [0.2, 0.25) is 8.87 Å². The summed E-state index contributed by atoms with van der Waals surface area (Å²) in [7, 11) is 0. The molecule has 0 saturated carbocycles. The number of amides is 1. The van der Waals surface area contributed by atoms with Crippen LogP contribution in [0, 0.1) is 0 Å². The first-order valence-electron chi connectivity index (χ1n) is 14.3. The van der Waals surface area contributed by atoms with Crippen molar-refractivity contribution in [2.24, 2.45) is 0 Å². The molecule has 1 aromatic carbocycles. The summed E-state index contributed by atoms with van der Waals surface area (Å²) in [5, 5.41) is 63.1. The number of carbonyl (C=O) groups is 1. The Bertz CT molecular complexity index is 850. The summed E-state index contributed by atoms with van der Waals surface area (Å²) < 4.78 is 20.2. The van der Waals surface area contributed by atoms with Gasteiger partial charge in [0.05, 0.1) is 19.3 Å². The van der Waals surface area contributed by atoms with Gasteiger partial charge in [0.25, 0.3) is 0 Å². The summed E-state index contributed by atoms with van der Waals surface area (Å²) in [4.78, 5) is 12.6. The second-order valence-corrected chi connectivity index (χ2v) is 15.6. The molecule has 2 fully saturated rings. The molecule has 0 aliphatic carbocycles. The number of rotatable bonds is 13. The quantitative estimate of drug-likeness (QED) is 0.113. The molecular weight excluding hydrogens is 661 g/mol. The van der Waals surface area contributed by atoms with E-state index in [9.17, 15) is 35.4 Å². The first-order chi connectivity index (χ1) is 19.7. The van der Waals surface area contributed by atoms with Crippen molar-refractivity contribution in [2.45, 2.75) is 121 Å². The van der Waals surface area contributed by atoms with Gasteiger partial charge in [0, 0.05) is 11.8 Å². The molecule has 3 rings (SSSR count). The summed E-state index contributed by atoms with van der Waals surface area (Å²) in [5.74, 6) is -0.426. The van der Waals surface area contributed by atoms with E-state index in [2.05, 4.69) is 19.2 Å². The predicted octanol–water partition coefficient (Wildman–Crippen LogP) is 0.674. The van der Waals surface area contributed by atoms with Crippen LogP contribution in [0.4, 0.5) is 0 Å². The maximum atomic E-state index is 11.8. The molecule has 0 aromatic heterocycles. The van der Waals surface area contributed by atoms with Crippen LogP contribution in [0.3, 0.4) is 0 Å². The third-order valence-electron chi connectivity index (χ3n) is 6.77. The van der Waals surface area contributed by atoms with Gasteiger partial charge in [-0.25, -0.2) is 0 Å². The number of carbonyl (C=O) groups excluding carboxylic acids is 1. The minimum absolute atomic E-state index is 0.149. The van der Waals surface area contributed by atoms with Gasteiger partial charge in [0.2, 0.25) is 5.91 Å². The van der Waals surface area contributed by atoms with E-state index in [4.69, 9.17) is 14.2 Å². The molecule has 0 bridgehead atoms. The Morgan fingerprint density at radius 2 is 1.51 bits per heavy atom. The molecule has 234 valence electrons. The zero-order chi connectivity index (χ0) is 30.4. The molecule has 7 N–H and O–H groups in total. The molecule has 1 aromatic rings. The number of nitrogens with one attached hydrogen (secondary N) is 1. The summed E-state index contributed by atoms with van der Waals surface area (Å²) in [6.45, 7) is 4.65. The van der Waals surface area contributed by atoms with Gasteiger partial charge in [0.1, 0.15) is 48.2 Å². The second kappa shape index (κ2) is 19.7. The normalized spacial score (nSPS) is 33.5. The molecular formula is C28H47NO10SSn. The Labute approximate surface area is 257 Å². The maximum absolute atomic E-state index is 11.8. The summed E-state index contributed by atoms with van der Waals surface area (Å²) in [5.41, 5.74) is -0.775. The molecule has 0 unspecified atom stereocenters. The number of aliphatic hydroxyl groups is 6. The first-order valence-corrected chi connectivity index (χ1v) is 19.2. The second-order valence-electron chi connectivity index (χ2n) is 10.1. The zero-order valence-electron chi connectivity index (χ0n) is 24.0. The summed E-state index contributed by atoms with van der Waals surface area (Å²) >= 11 is 1.39. The monoisotopic (exact) mass is 709 g/mol. The molecule has 2 saturated heterocycles. The number of aliphatic hydroxyl groups excluding tert-OH is 6. The van der Waals surface area contributed by atoms with Gasteiger partial charge in [-0.2, -0.15) is 0 Å². The van der Waals surface area contributed by atoms with E-state index in [1.165, 1.54) is 44.4 Å². The molecule has 2 aliphatic heterocycles. The summed E-state index contributed by atoms with van der Waals surface area (Å²) in [6, 6.07) is 8.20. The Kier molecular flexibility index (Phi) is 17.6. The average molecular weight is 708 g/mol. The van der Waals surface area contributed by atoms with E-state index in [0.717, 1.165) is 4.90 Å². The number of ether oxygens (including phenoxy) is 3. The van der Waals surface area contributed by atoms with Crippen molar-refractivity contribution >= 4 is 38.8 Å². The van der Waals surface area contributed by atoms with Gasteiger partial charge in [-0.3, -0.25) is 4.79 Å². The van der Waals surface area contributed by atoms with Crippen LogP contribution in [0.1, 0.15) is 46.5 Å². The molecule has 2 heterocycles. The van der Waals surface area contributed by atoms with Crippen molar-refractivity contribution in [2.75, 3.05) is 13.2 Å². The fraction of sp³-hybridized carbons (Fsp3) is 0.750. The average Bonchev–Trinajstić information content (AvgIpc) is 2.97. The van der Waals surface area contributed by atoms with Gasteiger partial charge in [-0.05, 0) is 12.1 Å². The molecule has 41 heavy (non-hydrogen) atoms. The standard InChI is InChI=1S/C20H29NO10S.2C4H9.Sn/c1-9(24)21-13-15(26)18(31-19-17(28)16(27)14(25)11(7-22)29-19)12(8-23)30-20(13)32-10-5-3-2-4-6-10;2*1-3-4-2;/h2-6,11-20,22-23,25-28H,7-8H2,1H3,(H,21,24);2*1,3-4H2,2H3;/t11-,12-,13-,14+,15-,16+,17-,18-,19+,20+;;;/m1.../s1. The van der Waals surface area contributed by atoms with Crippen molar-refractivity contribution in [1.82, 2.24) is 5.32 Å². The number of hydrogen-bond acceptors (Lipinski definition) is 11. The fourth-order valence-corrected chi connectivity index (χ4v) is 9.74. The van der Waals surface area contributed by atoms with Gasteiger partial charge >= 0.3 is 69.5 Å². The van der Waals surface area contributed by atoms with Crippen LogP contribution < -0.4 is 5.32 Å². The van der Waals surface area contributed by atoms with E-state index in [1.807, 2.05) is 30.3 Å². The topological polar surface area (TPSA) is 178 Å². The SMILES string of the molecule is CC(=O)N[C@@H]1[C@@H](O)[C@H](O[C@@H]2O[C@H](CO)[C@H](O)[C@H](O)[C@H]2O)[C@@H](CO)O[C@H]1Sc1ccccc1.CCC[CH2][Sn][CH2]CCC. The van der Waals surface area contributed by atoms with Gasteiger partial charge in [0.15, 0.2) is 6.29 Å². The van der Waals surface area contributed by atoms with Crippen molar-refractivity contribution in [1.29, 1.82) is 0 Å². The van der Waals surface area contributed by atoms with Crippen LogP contribution in [-0.4, -0.2) is 131 Å². The number of benzene rings is 1. The van der Waals surface area contributed by atoms with E-state index < -0.39 is 79.6 Å². The van der Waals surface area contributed by atoms with Gasteiger partial charge in [-0.1, -0.05) is 30.0 Å². The number of thioether (sulfide) groups is 1. The number of unbranched alkanes of at least 4 members (excludes halogenated alkanes) is 2. The molecule has 2 aliphatic rings. The van der Waals surface area contributed by atoms with Crippen molar-refractivity contribution < 1.29 is 49.6 Å². The Balaban J connectivity index is 0.000000564. The van der Waals surface area contributed by atoms with Crippen LogP contribution in [0.25, 0.3) is 0 Å². The molecule has 13 heteroatoms. The van der Waals surface area contributed by atoms with Gasteiger partial charge < -0.3 is 50.2 Å². The van der Waals surface area contributed by atoms with E-state index in [0.29, 0.717) is 0 Å². The van der Waals surface area contributed by atoms with Crippen LogP contribution in [0.15, 0.2) is 35.2 Å². The van der Waals surface area contributed by atoms with Crippen LogP contribution in [0.5, 0.6) is 0 Å². The fourth-order valence-electron chi connectivity index (χ4n) is 4.42. The zero-order valence-corrected chi connectivity index (χ0v) is 27.7.